The highest BCUT2D eigenvalue weighted by Crippen LogP contribution is 2.19. The fraction of sp³-hybridized carbons (Fsp3) is 0.400. The largest absolute Gasteiger partial charge is 0.310 e. The summed E-state index contributed by atoms with van der Waals surface area (Å²) < 4.78 is 2.04. The molecule has 1 saturated carbocycles. The summed E-state index contributed by atoms with van der Waals surface area (Å²) in [5, 5.41) is 8.12. The quantitative estimate of drug-likeness (QED) is 0.871. The maximum Gasteiger partial charge on any atom is 0.0659 e. The molecule has 1 aromatic carbocycles. The summed E-state index contributed by atoms with van der Waals surface area (Å²) >= 11 is 0. The Labute approximate surface area is 108 Å². The number of rotatable bonds is 5. The van der Waals surface area contributed by atoms with Crippen molar-refractivity contribution in [3.63, 3.8) is 0 Å². The van der Waals surface area contributed by atoms with Crippen LogP contribution >= 0.6 is 0 Å². The summed E-state index contributed by atoms with van der Waals surface area (Å²) in [6.45, 7) is 3.89. The maximum atomic E-state index is 4.58. The first-order valence-electron chi connectivity index (χ1n) is 6.61. The molecule has 18 heavy (non-hydrogen) atoms. The van der Waals surface area contributed by atoms with E-state index in [1.54, 1.807) is 0 Å². The van der Waals surface area contributed by atoms with Gasteiger partial charge in [-0.05, 0) is 25.3 Å². The topological polar surface area (TPSA) is 29.9 Å². The molecule has 1 N–H and O–H groups in total. The van der Waals surface area contributed by atoms with Gasteiger partial charge in [-0.2, -0.15) is 5.10 Å². The Morgan fingerprint density at radius 1 is 1.28 bits per heavy atom. The van der Waals surface area contributed by atoms with Crippen LogP contribution in [0.2, 0.25) is 0 Å². The Bertz CT molecular complexity index is 512. The summed E-state index contributed by atoms with van der Waals surface area (Å²) in [7, 11) is 0. The van der Waals surface area contributed by atoms with E-state index < -0.39 is 0 Å². The lowest BCUT2D eigenvalue weighted by Gasteiger charge is -2.01. The van der Waals surface area contributed by atoms with Crippen LogP contribution in [0.25, 0.3) is 0 Å². The first-order chi connectivity index (χ1) is 8.81. The Morgan fingerprint density at radius 3 is 2.78 bits per heavy atom. The van der Waals surface area contributed by atoms with Crippen LogP contribution in [0.4, 0.5) is 0 Å². The maximum absolute atomic E-state index is 4.58. The van der Waals surface area contributed by atoms with Crippen molar-refractivity contribution in [1.29, 1.82) is 0 Å². The summed E-state index contributed by atoms with van der Waals surface area (Å²) in [4.78, 5) is 0. The van der Waals surface area contributed by atoms with Crippen molar-refractivity contribution in [2.24, 2.45) is 0 Å². The van der Waals surface area contributed by atoms with E-state index in [9.17, 15) is 0 Å². The number of aromatic nitrogens is 2. The second-order valence-corrected chi connectivity index (χ2v) is 5.08. The molecule has 3 rings (SSSR count). The van der Waals surface area contributed by atoms with E-state index in [1.165, 1.54) is 24.0 Å². The van der Waals surface area contributed by atoms with Gasteiger partial charge in [-0.25, -0.2) is 0 Å². The molecule has 0 spiro atoms. The standard InChI is InChI=1S/C15H19N3/c1-12-14(9-16-15-7-8-15)11-18(17-12)10-13-5-3-2-4-6-13/h2-6,11,15-16H,7-10H2,1H3. The molecule has 0 atom stereocenters. The third kappa shape index (κ3) is 2.79. The Balaban J connectivity index is 1.67. The van der Waals surface area contributed by atoms with Crippen LogP contribution in [0.5, 0.6) is 0 Å². The minimum atomic E-state index is 0.752. The van der Waals surface area contributed by atoms with Gasteiger partial charge in [0.1, 0.15) is 0 Å². The molecule has 2 aromatic rings. The van der Waals surface area contributed by atoms with E-state index >= 15 is 0 Å². The monoisotopic (exact) mass is 241 g/mol. The molecular weight excluding hydrogens is 222 g/mol. The molecule has 1 aliphatic rings. The molecule has 1 fully saturated rings. The lowest BCUT2D eigenvalue weighted by molar-refractivity contribution is 0.674. The van der Waals surface area contributed by atoms with Gasteiger partial charge >= 0.3 is 0 Å². The van der Waals surface area contributed by atoms with Crippen molar-refractivity contribution in [1.82, 2.24) is 15.1 Å². The highest BCUT2D eigenvalue weighted by molar-refractivity contribution is 5.18. The summed E-state index contributed by atoms with van der Waals surface area (Å²) in [6, 6.07) is 11.2. The van der Waals surface area contributed by atoms with Gasteiger partial charge in [0.25, 0.3) is 0 Å². The van der Waals surface area contributed by atoms with Crippen molar-refractivity contribution in [3.05, 3.63) is 53.3 Å². The molecule has 94 valence electrons. The van der Waals surface area contributed by atoms with Gasteiger partial charge in [0.05, 0.1) is 12.2 Å². The zero-order valence-electron chi connectivity index (χ0n) is 10.8. The smallest absolute Gasteiger partial charge is 0.0659 e. The molecule has 1 heterocycles. The van der Waals surface area contributed by atoms with Crippen LogP contribution < -0.4 is 5.32 Å². The Kier molecular flexibility index (Phi) is 3.15. The number of hydrogen-bond donors (Lipinski definition) is 1. The lowest BCUT2D eigenvalue weighted by Crippen LogP contribution is -2.15. The third-order valence-electron chi connectivity index (χ3n) is 3.39. The highest BCUT2D eigenvalue weighted by atomic mass is 15.3. The summed E-state index contributed by atoms with van der Waals surface area (Å²) in [6.07, 6.45) is 4.83. The van der Waals surface area contributed by atoms with Crippen LogP contribution in [0, 0.1) is 6.92 Å². The van der Waals surface area contributed by atoms with E-state index in [2.05, 4.69) is 47.8 Å². The van der Waals surface area contributed by atoms with Crippen molar-refractivity contribution >= 4 is 0 Å². The van der Waals surface area contributed by atoms with Crippen molar-refractivity contribution in [2.75, 3.05) is 0 Å². The van der Waals surface area contributed by atoms with Crippen LogP contribution in [0.1, 0.15) is 29.7 Å². The molecule has 3 heteroatoms. The predicted octanol–water partition coefficient (Wildman–Crippen LogP) is 2.49. The van der Waals surface area contributed by atoms with Crippen LogP contribution in [-0.4, -0.2) is 15.8 Å². The van der Waals surface area contributed by atoms with E-state index in [0.717, 1.165) is 24.8 Å². The van der Waals surface area contributed by atoms with Gasteiger partial charge in [0, 0.05) is 24.3 Å². The average molecular weight is 241 g/mol. The van der Waals surface area contributed by atoms with Crippen molar-refractivity contribution in [2.45, 2.75) is 38.9 Å². The molecule has 0 bridgehead atoms. The fourth-order valence-electron chi connectivity index (χ4n) is 2.13. The van der Waals surface area contributed by atoms with Crippen LogP contribution in [0.3, 0.4) is 0 Å². The van der Waals surface area contributed by atoms with Gasteiger partial charge in [-0.15, -0.1) is 0 Å². The van der Waals surface area contributed by atoms with E-state index in [0.29, 0.717) is 0 Å². The molecule has 1 aliphatic carbocycles. The first kappa shape index (κ1) is 11.5. The number of aryl methyl sites for hydroxylation is 1. The van der Waals surface area contributed by atoms with Crippen molar-refractivity contribution in [3.8, 4) is 0 Å². The van der Waals surface area contributed by atoms with Crippen molar-refractivity contribution < 1.29 is 0 Å². The zero-order valence-corrected chi connectivity index (χ0v) is 10.8. The molecule has 0 aliphatic heterocycles. The van der Waals surface area contributed by atoms with E-state index in [1.807, 2.05) is 10.7 Å². The van der Waals surface area contributed by atoms with Gasteiger partial charge in [0.15, 0.2) is 0 Å². The SMILES string of the molecule is Cc1nn(Cc2ccccc2)cc1CNC1CC1. The van der Waals surface area contributed by atoms with Crippen LogP contribution in [-0.2, 0) is 13.1 Å². The van der Waals surface area contributed by atoms with Gasteiger partial charge in [0.2, 0.25) is 0 Å². The first-order valence-corrected chi connectivity index (χ1v) is 6.61. The number of hydrogen-bond acceptors (Lipinski definition) is 2. The van der Waals surface area contributed by atoms with Gasteiger partial charge in [-0.1, -0.05) is 30.3 Å². The molecule has 0 unspecified atom stereocenters. The third-order valence-corrected chi connectivity index (χ3v) is 3.39. The van der Waals surface area contributed by atoms with E-state index in [-0.39, 0.29) is 0 Å². The number of benzene rings is 1. The normalized spacial score (nSPS) is 14.9. The second-order valence-electron chi connectivity index (χ2n) is 5.08. The molecule has 0 amide bonds. The second kappa shape index (κ2) is 4.94. The number of nitrogens with zero attached hydrogens (tertiary/aromatic N) is 2. The average Bonchev–Trinajstić information content (AvgIpc) is 3.14. The van der Waals surface area contributed by atoms with E-state index in [4.69, 9.17) is 0 Å². The van der Waals surface area contributed by atoms with Crippen LogP contribution in [0.15, 0.2) is 36.5 Å². The fourth-order valence-corrected chi connectivity index (χ4v) is 2.13. The molecule has 0 saturated heterocycles. The highest BCUT2D eigenvalue weighted by Gasteiger charge is 2.20. The minimum absolute atomic E-state index is 0.752. The summed E-state index contributed by atoms with van der Waals surface area (Å²) in [5.74, 6) is 0. The van der Waals surface area contributed by atoms with Gasteiger partial charge < -0.3 is 5.32 Å². The molecule has 1 aromatic heterocycles. The molecular formula is C15H19N3. The number of nitrogens with one attached hydrogen (secondary N) is 1. The predicted molar refractivity (Wildman–Crippen MR) is 72.4 cm³/mol. The zero-order chi connectivity index (χ0) is 12.4. The molecule has 3 nitrogen and oxygen atoms in total. The van der Waals surface area contributed by atoms with Gasteiger partial charge in [-0.3, -0.25) is 4.68 Å². The minimum Gasteiger partial charge on any atom is -0.310 e. The molecule has 0 radical (unpaired) electrons. The lowest BCUT2D eigenvalue weighted by atomic mass is 10.2. The summed E-state index contributed by atoms with van der Waals surface area (Å²) in [5.41, 5.74) is 3.75. The Hall–Kier alpha value is -1.61. The Morgan fingerprint density at radius 2 is 2.06 bits per heavy atom.